The quantitative estimate of drug-likeness (QED) is 0.378. The summed E-state index contributed by atoms with van der Waals surface area (Å²) < 4.78 is 30.4. The van der Waals surface area contributed by atoms with E-state index in [9.17, 15) is 23.1 Å². The smallest absolute Gasteiger partial charge is 0.265 e. The van der Waals surface area contributed by atoms with Gasteiger partial charge in [0.2, 0.25) is 15.9 Å². The molecule has 2 N–H and O–H groups in total. The van der Waals surface area contributed by atoms with Crippen LogP contribution in [0.1, 0.15) is 39.1 Å². The maximum absolute atomic E-state index is 13.5. The molecule has 1 aromatic heterocycles. The van der Waals surface area contributed by atoms with Crippen LogP contribution in [0.25, 0.3) is 10.9 Å². The second-order valence-corrected chi connectivity index (χ2v) is 11.0. The van der Waals surface area contributed by atoms with Crippen LogP contribution in [0.15, 0.2) is 83.8 Å². The average Bonchev–Trinajstić information content (AvgIpc) is 3.21. The first-order chi connectivity index (χ1) is 17.8. The van der Waals surface area contributed by atoms with Gasteiger partial charge in [0, 0.05) is 22.6 Å². The Morgan fingerprint density at radius 3 is 2.11 bits per heavy atom. The lowest BCUT2D eigenvalue weighted by atomic mass is 10.0. The number of aromatic nitrogens is 1. The molecule has 5 rings (SSSR count). The van der Waals surface area contributed by atoms with Crippen molar-refractivity contribution >= 4 is 32.6 Å². The standard InChI is InChI=1S/C28H27N3O5S/c1-30-16-14-21(15-17-30)29-37(35,36)22-12-13-24-23(18-22)25(26(32)19-8-4-2-5-9-19)28(34)31(24)27(33)20-10-6-3-7-11-20/h2-13,18,21,29,34H,14-17H2,1H3. The molecule has 0 spiro atoms. The van der Waals surface area contributed by atoms with Crippen molar-refractivity contribution in [3.05, 3.63) is 95.6 Å². The first-order valence-electron chi connectivity index (χ1n) is 12.0. The van der Waals surface area contributed by atoms with Gasteiger partial charge in [0.25, 0.3) is 5.91 Å². The van der Waals surface area contributed by atoms with Crippen molar-refractivity contribution < 1.29 is 23.1 Å². The van der Waals surface area contributed by atoms with Gasteiger partial charge < -0.3 is 10.0 Å². The highest BCUT2D eigenvalue weighted by Gasteiger charge is 2.29. The third-order valence-electron chi connectivity index (χ3n) is 6.75. The summed E-state index contributed by atoms with van der Waals surface area (Å²) in [6.07, 6.45) is 1.39. The molecule has 4 aromatic rings. The fraction of sp³-hybridized carbons (Fsp3) is 0.214. The molecular weight excluding hydrogens is 490 g/mol. The van der Waals surface area contributed by atoms with E-state index in [1.165, 1.54) is 18.2 Å². The van der Waals surface area contributed by atoms with Crippen LogP contribution in [-0.2, 0) is 10.0 Å². The Bertz CT molecular complexity index is 1570. The van der Waals surface area contributed by atoms with Crippen LogP contribution in [0.4, 0.5) is 0 Å². The monoisotopic (exact) mass is 517 g/mol. The zero-order chi connectivity index (χ0) is 26.2. The minimum absolute atomic E-state index is 0.0367. The van der Waals surface area contributed by atoms with Crippen LogP contribution in [-0.4, -0.2) is 60.9 Å². The summed E-state index contributed by atoms with van der Waals surface area (Å²) in [5.41, 5.74) is 0.737. The highest BCUT2D eigenvalue weighted by molar-refractivity contribution is 7.89. The van der Waals surface area contributed by atoms with Gasteiger partial charge in [-0.25, -0.2) is 17.7 Å². The Morgan fingerprint density at radius 2 is 1.49 bits per heavy atom. The maximum atomic E-state index is 13.5. The van der Waals surface area contributed by atoms with Crippen molar-refractivity contribution in [2.45, 2.75) is 23.8 Å². The van der Waals surface area contributed by atoms with Crippen LogP contribution in [0.3, 0.4) is 0 Å². The fourth-order valence-corrected chi connectivity index (χ4v) is 6.04. The summed E-state index contributed by atoms with van der Waals surface area (Å²) in [7, 11) is -1.91. The van der Waals surface area contributed by atoms with Gasteiger partial charge in [-0.15, -0.1) is 0 Å². The molecule has 0 radical (unpaired) electrons. The number of hydrogen-bond donors (Lipinski definition) is 2. The molecule has 190 valence electrons. The average molecular weight is 518 g/mol. The van der Waals surface area contributed by atoms with E-state index in [1.807, 2.05) is 7.05 Å². The molecule has 37 heavy (non-hydrogen) atoms. The Morgan fingerprint density at radius 1 is 0.892 bits per heavy atom. The summed E-state index contributed by atoms with van der Waals surface area (Å²) in [4.78, 5) is 29.0. The first-order valence-corrected chi connectivity index (χ1v) is 13.5. The summed E-state index contributed by atoms with van der Waals surface area (Å²) in [6, 6.07) is 20.8. The van der Waals surface area contributed by atoms with E-state index in [2.05, 4.69) is 9.62 Å². The molecule has 0 atom stereocenters. The summed E-state index contributed by atoms with van der Waals surface area (Å²) in [5.74, 6) is -1.58. The predicted molar refractivity (Wildman–Crippen MR) is 140 cm³/mol. The second-order valence-electron chi connectivity index (χ2n) is 9.28. The van der Waals surface area contributed by atoms with E-state index in [4.69, 9.17) is 0 Å². The maximum Gasteiger partial charge on any atom is 0.265 e. The van der Waals surface area contributed by atoms with E-state index >= 15 is 0 Å². The largest absolute Gasteiger partial charge is 0.494 e. The van der Waals surface area contributed by atoms with Gasteiger partial charge in [0.05, 0.1) is 16.0 Å². The number of nitrogens with one attached hydrogen (secondary N) is 1. The number of fused-ring (bicyclic) bond motifs is 1. The molecule has 0 unspecified atom stereocenters. The number of carbonyl (C=O) groups excluding carboxylic acids is 2. The topological polar surface area (TPSA) is 109 Å². The van der Waals surface area contributed by atoms with E-state index in [1.54, 1.807) is 60.7 Å². The lowest BCUT2D eigenvalue weighted by Gasteiger charge is -2.29. The number of aromatic hydroxyl groups is 1. The second kappa shape index (κ2) is 9.93. The van der Waals surface area contributed by atoms with Gasteiger partial charge in [-0.1, -0.05) is 48.5 Å². The summed E-state index contributed by atoms with van der Waals surface area (Å²) in [6.45, 7) is 1.58. The van der Waals surface area contributed by atoms with E-state index in [0.29, 0.717) is 24.0 Å². The van der Waals surface area contributed by atoms with Crippen molar-refractivity contribution in [3.63, 3.8) is 0 Å². The molecule has 1 fully saturated rings. The molecule has 0 amide bonds. The number of rotatable bonds is 6. The molecule has 9 heteroatoms. The van der Waals surface area contributed by atoms with Crippen LogP contribution >= 0.6 is 0 Å². The number of likely N-dealkylation sites (tertiary alicyclic amines) is 1. The summed E-state index contributed by atoms with van der Waals surface area (Å²) in [5, 5.41) is 11.4. The highest BCUT2D eigenvalue weighted by atomic mass is 32.2. The Labute approximate surface area is 215 Å². The lowest BCUT2D eigenvalue weighted by molar-refractivity contribution is 0.0956. The fourth-order valence-electron chi connectivity index (χ4n) is 4.71. The van der Waals surface area contributed by atoms with Crippen LogP contribution in [0.5, 0.6) is 5.88 Å². The van der Waals surface area contributed by atoms with Gasteiger partial charge in [-0.3, -0.25) is 9.59 Å². The highest BCUT2D eigenvalue weighted by Crippen LogP contribution is 2.35. The minimum atomic E-state index is -3.91. The van der Waals surface area contributed by atoms with Crippen molar-refractivity contribution in [1.82, 2.24) is 14.2 Å². The number of carbonyl (C=O) groups is 2. The van der Waals surface area contributed by atoms with Crippen LogP contribution in [0, 0.1) is 0 Å². The van der Waals surface area contributed by atoms with Crippen LogP contribution < -0.4 is 4.72 Å². The molecule has 3 aromatic carbocycles. The number of benzene rings is 3. The normalized spacial score (nSPS) is 15.2. The van der Waals surface area contributed by atoms with Gasteiger partial charge in [0.1, 0.15) is 0 Å². The minimum Gasteiger partial charge on any atom is -0.494 e. The van der Waals surface area contributed by atoms with Gasteiger partial charge in [-0.2, -0.15) is 0 Å². The van der Waals surface area contributed by atoms with Crippen molar-refractivity contribution in [1.29, 1.82) is 0 Å². The van der Waals surface area contributed by atoms with Crippen molar-refractivity contribution in [3.8, 4) is 5.88 Å². The third kappa shape index (κ3) is 4.81. The van der Waals surface area contributed by atoms with E-state index in [0.717, 1.165) is 17.7 Å². The number of nitrogens with zero attached hydrogens (tertiary/aromatic N) is 2. The molecule has 8 nitrogen and oxygen atoms in total. The van der Waals surface area contributed by atoms with Gasteiger partial charge >= 0.3 is 0 Å². The van der Waals surface area contributed by atoms with Gasteiger partial charge in [0.15, 0.2) is 5.78 Å². The van der Waals surface area contributed by atoms with Crippen molar-refractivity contribution in [2.24, 2.45) is 0 Å². The molecular formula is C28H27N3O5S. The summed E-state index contributed by atoms with van der Waals surface area (Å²) >= 11 is 0. The molecule has 1 saturated heterocycles. The first kappa shape index (κ1) is 24.9. The number of ketones is 1. The SMILES string of the molecule is CN1CCC(NS(=O)(=O)c2ccc3c(c2)c(C(=O)c2ccccc2)c(O)n3C(=O)c2ccccc2)CC1. The lowest BCUT2D eigenvalue weighted by Crippen LogP contribution is -2.43. The van der Waals surface area contributed by atoms with E-state index < -0.39 is 27.6 Å². The van der Waals surface area contributed by atoms with Crippen LogP contribution in [0.2, 0.25) is 0 Å². The number of hydrogen-bond acceptors (Lipinski definition) is 6. The Kier molecular flexibility index (Phi) is 6.68. The molecule has 0 saturated carbocycles. The van der Waals surface area contributed by atoms with Gasteiger partial charge in [-0.05, 0) is 63.3 Å². The Hall–Kier alpha value is -3.79. The molecule has 0 aliphatic carbocycles. The predicted octanol–water partition coefficient (Wildman–Crippen LogP) is 3.64. The zero-order valence-corrected chi connectivity index (χ0v) is 21.1. The number of sulfonamides is 1. The van der Waals surface area contributed by atoms with Crippen molar-refractivity contribution in [2.75, 3.05) is 20.1 Å². The molecule has 1 aliphatic rings. The number of piperidine rings is 1. The Balaban J connectivity index is 1.64. The molecule has 1 aliphatic heterocycles. The molecule has 2 heterocycles. The zero-order valence-electron chi connectivity index (χ0n) is 20.3. The van der Waals surface area contributed by atoms with E-state index in [-0.39, 0.29) is 27.4 Å². The third-order valence-corrected chi connectivity index (χ3v) is 8.27. The molecule has 0 bridgehead atoms.